The van der Waals surface area contributed by atoms with Gasteiger partial charge in [-0.2, -0.15) is 4.98 Å². The van der Waals surface area contributed by atoms with Gasteiger partial charge in [0.25, 0.3) is 5.56 Å². The second kappa shape index (κ2) is 9.14. The molecule has 1 N–H and O–H groups in total. The minimum absolute atomic E-state index is 0.0832. The Morgan fingerprint density at radius 1 is 1.10 bits per heavy atom. The topological polar surface area (TPSA) is 89.3 Å². The van der Waals surface area contributed by atoms with E-state index in [9.17, 15) is 18.3 Å². The second-order valence-electron chi connectivity index (χ2n) is 7.00. The molecule has 0 radical (unpaired) electrons. The van der Waals surface area contributed by atoms with E-state index in [1.54, 1.807) is 12.1 Å². The van der Waals surface area contributed by atoms with E-state index >= 15 is 0 Å². The summed E-state index contributed by atoms with van der Waals surface area (Å²) in [6.45, 7) is 3.85. The zero-order valence-electron chi connectivity index (χ0n) is 16.7. The van der Waals surface area contributed by atoms with Gasteiger partial charge in [0.05, 0.1) is 10.9 Å². The first kappa shape index (κ1) is 22.2. The first-order chi connectivity index (χ1) is 14.3. The maximum atomic E-state index is 13.2. The van der Waals surface area contributed by atoms with Gasteiger partial charge >= 0.3 is 0 Å². The lowest BCUT2D eigenvalue weighted by atomic mass is 10.1. The Morgan fingerprint density at radius 3 is 2.33 bits per heavy atom. The van der Waals surface area contributed by atoms with Crippen molar-refractivity contribution >= 4 is 25.8 Å². The normalized spacial score (nSPS) is 12.6. The molecular weight excluding hydrogens is 468 g/mol. The van der Waals surface area contributed by atoms with Crippen molar-refractivity contribution in [1.29, 1.82) is 0 Å². The Balaban J connectivity index is 2.25. The summed E-state index contributed by atoms with van der Waals surface area (Å²) in [5.74, 6) is -0.217. The molecule has 158 valence electrons. The third-order valence-electron chi connectivity index (χ3n) is 4.95. The van der Waals surface area contributed by atoms with Crippen LogP contribution in [0.1, 0.15) is 44.1 Å². The maximum Gasteiger partial charge on any atom is 0.296 e. The Morgan fingerprint density at radius 2 is 1.73 bits per heavy atom. The molecule has 1 unspecified atom stereocenters. The van der Waals surface area contributed by atoms with Crippen LogP contribution in [0.3, 0.4) is 0 Å². The number of hydrogen-bond acceptors (Lipinski definition) is 5. The van der Waals surface area contributed by atoms with E-state index in [2.05, 4.69) is 20.9 Å². The molecule has 8 heteroatoms. The SMILES string of the molecule is CCCCc1nc(=O)c(S(=O)(=O)c2ccc(Br)cc2)c(O)n1C(C)c1ccccc1. The van der Waals surface area contributed by atoms with Gasteiger partial charge in [-0.1, -0.05) is 59.6 Å². The predicted molar refractivity (Wildman–Crippen MR) is 119 cm³/mol. The van der Waals surface area contributed by atoms with Crippen LogP contribution in [0.15, 0.2) is 73.7 Å². The first-order valence-electron chi connectivity index (χ1n) is 9.67. The highest BCUT2D eigenvalue weighted by atomic mass is 79.9. The fourth-order valence-corrected chi connectivity index (χ4v) is 4.92. The molecule has 0 aliphatic rings. The maximum absolute atomic E-state index is 13.2. The number of hydrogen-bond donors (Lipinski definition) is 1. The van der Waals surface area contributed by atoms with E-state index in [-0.39, 0.29) is 4.90 Å². The summed E-state index contributed by atoms with van der Waals surface area (Å²) in [5, 5.41) is 11.1. The molecule has 1 heterocycles. The number of rotatable bonds is 7. The van der Waals surface area contributed by atoms with Crippen LogP contribution in [0, 0.1) is 0 Å². The highest BCUT2D eigenvalue weighted by Crippen LogP contribution is 2.31. The van der Waals surface area contributed by atoms with E-state index in [4.69, 9.17) is 0 Å². The molecule has 0 saturated heterocycles. The number of aryl methyl sites for hydroxylation is 1. The number of nitrogens with zero attached hydrogens (tertiary/aromatic N) is 2. The molecule has 2 aromatic carbocycles. The van der Waals surface area contributed by atoms with E-state index in [1.807, 2.05) is 44.2 Å². The molecule has 0 saturated carbocycles. The Hall–Kier alpha value is -2.45. The molecule has 0 amide bonds. The summed E-state index contributed by atoms with van der Waals surface area (Å²) >= 11 is 3.27. The number of benzene rings is 2. The van der Waals surface area contributed by atoms with Gasteiger partial charge in [0.1, 0.15) is 5.82 Å². The summed E-state index contributed by atoms with van der Waals surface area (Å²) < 4.78 is 28.5. The van der Waals surface area contributed by atoms with Gasteiger partial charge in [-0.05, 0) is 43.2 Å². The van der Waals surface area contributed by atoms with Crippen LogP contribution >= 0.6 is 15.9 Å². The number of sulfone groups is 1. The minimum atomic E-state index is -4.26. The first-order valence-corrected chi connectivity index (χ1v) is 11.9. The van der Waals surface area contributed by atoms with Gasteiger partial charge < -0.3 is 5.11 Å². The predicted octanol–water partition coefficient (Wildman–Crippen LogP) is 4.50. The summed E-state index contributed by atoms with van der Waals surface area (Å²) in [7, 11) is -4.26. The molecule has 1 atom stereocenters. The summed E-state index contributed by atoms with van der Waals surface area (Å²) in [6.07, 6.45) is 2.08. The monoisotopic (exact) mass is 490 g/mol. The van der Waals surface area contributed by atoms with Crippen LogP contribution in [0.2, 0.25) is 0 Å². The van der Waals surface area contributed by atoms with Crippen LogP contribution in [0.25, 0.3) is 0 Å². The van der Waals surface area contributed by atoms with Crippen molar-refractivity contribution in [2.24, 2.45) is 0 Å². The number of unbranched alkanes of at least 4 members (excludes halogenated alkanes) is 1. The zero-order chi connectivity index (χ0) is 21.9. The summed E-state index contributed by atoms with van der Waals surface area (Å²) in [5.41, 5.74) is -0.0824. The highest BCUT2D eigenvalue weighted by Gasteiger charge is 2.31. The van der Waals surface area contributed by atoms with Gasteiger partial charge in [-0.3, -0.25) is 9.36 Å². The highest BCUT2D eigenvalue weighted by molar-refractivity contribution is 9.10. The third kappa shape index (κ3) is 4.34. The molecule has 3 aromatic rings. The fourth-order valence-electron chi connectivity index (χ4n) is 3.31. The lowest BCUT2D eigenvalue weighted by Gasteiger charge is -2.23. The second-order valence-corrected chi connectivity index (χ2v) is 9.81. The summed E-state index contributed by atoms with van der Waals surface area (Å²) in [4.78, 5) is 16.1. The fraction of sp³-hybridized carbons (Fsp3) is 0.273. The summed E-state index contributed by atoms with van der Waals surface area (Å²) in [6, 6.07) is 14.9. The van der Waals surface area contributed by atoms with E-state index in [1.165, 1.54) is 16.7 Å². The number of aromatic hydroxyl groups is 1. The molecule has 6 nitrogen and oxygen atoms in total. The quantitative estimate of drug-likeness (QED) is 0.526. The van der Waals surface area contributed by atoms with Gasteiger partial charge in [-0.15, -0.1) is 0 Å². The lowest BCUT2D eigenvalue weighted by Crippen LogP contribution is -2.27. The molecule has 1 aromatic heterocycles. The largest absolute Gasteiger partial charge is 0.493 e. The lowest BCUT2D eigenvalue weighted by molar-refractivity contribution is 0.369. The molecule has 0 fully saturated rings. The average Bonchev–Trinajstić information content (AvgIpc) is 2.72. The molecule has 0 aliphatic carbocycles. The van der Waals surface area contributed by atoms with E-state index < -0.39 is 32.2 Å². The minimum Gasteiger partial charge on any atom is -0.493 e. The zero-order valence-corrected chi connectivity index (χ0v) is 19.1. The van der Waals surface area contributed by atoms with Crippen LogP contribution < -0.4 is 5.56 Å². The third-order valence-corrected chi connectivity index (χ3v) is 7.27. The van der Waals surface area contributed by atoms with Crippen LogP contribution in [-0.4, -0.2) is 23.1 Å². The van der Waals surface area contributed by atoms with Crippen molar-refractivity contribution in [2.75, 3.05) is 0 Å². The Kier molecular flexibility index (Phi) is 6.77. The van der Waals surface area contributed by atoms with E-state index in [0.717, 1.165) is 18.4 Å². The number of aromatic nitrogens is 2. The van der Waals surface area contributed by atoms with Gasteiger partial charge in [0, 0.05) is 10.9 Å². The molecule has 3 rings (SSSR count). The van der Waals surface area contributed by atoms with Crippen molar-refractivity contribution in [3.63, 3.8) is 0 Å². The van der Waals surface area contributed by atoms with Crippen LogP contribution in [0.4, 0.5) is 0 Å². The van der Waals surface area contributed by atoms with Crippen molar-refractivity contribution in [2.45, 2.75) is 48.9 Å². The molecule has 0 aliphatic heterocycles. The smallest absolute Gasteiger partial charge is 0.296 e. The average molecular weight is 491 g/mol. The van der Waals surface area contributed by atoms with Gasteiger partial charge in [0.15, 0.2) is 4.90 Å². The van der Waals surface area contributed by atoms with Crippen molar-refractivity contribution in [1.82, 2.24) is 9.55 Å². The molecular formula is C22H23BrN2O4S. The molecule has 0 bridgehead atoms. The van der Waals surface area contributed by atoms with Crippen molar-refractivity contribution < 1.29 is 13.5 Å². The molecule has 30 heavy (non-hydrogen) atoms. The van der Waals surface area contributed by atoms with Crippen molar-refractivity contribution in [3.8, 4) is 5.88 Å². The standard InChI is InChI=1S/C22H23BrN2O4S/c1-3-4-10-19-24-21(26)20(30(28,29)18-13-11-17(23)12-14-18)22(27)25(19)15(2)16-8-6-5-7-9-16/h5-9,11-15,27H,3-4,10H2,1-2H3. The van der Waals surface area contributed by atoms with Gasteiger partial charge in [0.2, 0.25) is 15.7 Å². The van der Waals surface area contributed by atoms with Crippen LogP contribution in [-0.2, 0) is 16.3 Å². The number of halogens is 1. The molecule has 0 spiro atoms. The van der Waals surface area contributed by atoms with Gasteiger partial charge in [-0.25, -0.2) is 8.42 Å². The Labute approximate surface area is 184 Å². The van der Waals surface area contributed by atoms with Crippen LogP contribution in [0.5, 0.6) is 5.88 Å². The van der Waals surface area contributed by atoms with Crippen molar-refractivity contribution in [3.05, 3.63) is 80.8 Å². The Bertz CT molecular complexity index is 1190. The van der Waals surface area contributed by atoms with E-state index in [0.29, 0.717) is 16.7 Å².